The standard InChI is InChI=1S/C38H43N7O7/c1-24-20-33(46)52-32-22-27(16-17-28(24)32)42-34(47)29(14-8-18-41-37(39)40)43-35(48)31-15-9-19-45(31)36(49)30(21-25-10-4-2-5-11-25)44-38(50)51-23-26-12-6-3-7-13-26/h2-7,10-13,16-17,20,22,29-31H,8-9,14-15,18-19,21,23H2,1H3,(H,42,47)(H,43,48)(H,44,50)(H4,39,40,41)/t29-,30-,31-/m0/s1. The third-order valence-corrected chi connectivity index (χ3v) is 8.72. The summed E-state index contributed by atoms with van der Waals surface area (Å²) in [6, 6.07) is 21.8. The number of rotatable bonds is 14. The Kier molecular flexibility index (Phi) is 12.6. The number of fused-ring (bicyclic) bond motifs is 1. The molecule has 7 N–H and O–H groups in total. The second-order valence-electron chi connectivity index (χ2n) is 12.6. The number of carbonyl (C=O) groups is 4. The van der Waals surface area contributed by atoms with Gasteiger partial charge in [0.1, 0.15) is 30.3 Å². The van der Waals surface area contributed by atoms with Crippen molar-refractivity contribution in [1.82, 2.24) is 15.5 Å². The van der Waals surface area contributed by atoms with Gasteiger partial charge in [0.15, 0.2) is 5.96 Å². The Morgan fingerprint density at radius 1 is 0.942 bits per heavy atom. The van der Waals surface area contributed by atoms with Gasteiger partial charge in [0.2, 0.25) is 17.7 Å². The molecule has 3 aromatic carbocycles. The number of nitrogens with one attached hydrogen (secondary N) is 3. The molecule has 5 rings (SSSR count). The second kappa shape index (κ2) is 17.7. The molecule has 0 spiro atoms. The van der Waals surface area contributed by atoms with Crippen molar-refractivity contribution in [3.05, 3.63) is 112 Å². The summed E-state index contributed by atoms with van der Waals surface area (Å²) in [5, 5.41) is 9.07. The molecular weight excluding hydrogens is 666 g/mol. The summed E-state index contributed by atoms with van der Waals surface area (Å²) in [7, 11) is 0. The highest BCUT2D eigenvalue weighted by Crippen LogP contribution is 2.23. The number of nitrogens with two attached hydrogens (primary N) is 2. The van der Waals surface area contributed by atoms with Crippen molar-refractivity contribution >= 4 is 46.4 Å². The maximum Gasteiger partial charge on any atom is 0.408 e. The molecule has 0 unspecified atom stereocenters. The average Bonchev–Trinajstić information content (AvgIpc) is 3.62. The molecule has 0 saturated carbocycles. The highest BCUT2D eigenvalue weighted by Gasteiger charge is 2.39. The van der Waals surface area contributed by atoms with Crippen molar-refractivity contribution in [2.75, 3.05) is 18.4 Å². The lowest BCUT2D eigenvalue weighted by Gasteiger charge is -2.30. The normalized spacial score (nSPS) is 14.9. The Morgan fingerprint density at radius 3 is 2.37 bits per heavy atom. The molecule has 52 heavy (non-hydrogen) atoms. The van der Waals surface area contributed by atoms with Crippen molar-refractivity contribution in [3.63, 3.8) is 0 Å². The number of hydrogen-bond donors (Lipinski definition) is 5. The molecule has 1 aromatic heterocycles. The number of carbonyl (C=O) groups excluding carboxylic acids is 4. The molecule has 272 valence electrons. The molecule has 4 amide bonds. The summed E-state index contributed by atoms with van der Waals surface area (Å²) in [5.41, 5.74) is 13.4. The maximum absolute atomic E-state index is 14.1. The van der Waals surface area contributed by atoms with Gasteiger partial charge in [-0.1, -0.05) is 60.7 Å². The number of aliphatic imine (C=N–C) groups is 1. The van der Waals surface area contributed by atoms with Crippen LogP contribution >= 0.6 is 0 Å². The van der Waals surface area contributed by atoms with Crippen molar-refractivity contribution in [2.24, 2.45) is 16.5 Å². The first-order valence-electron chi connectivity index (χ1n) is 17.1. The zero-order valence-corrected chi connectivity index (χ0v) is 28.9. The Morgan fingerprint density at radius 2 is 1.65 bits per heavy atom. The molecule has 1 aliphatic heterocycles. The van der Waals surface area contributed by atoms with E-state index in [4.69, 9.17) is 20.6 Å². The summed E-state index contributed by atoms with van der Waals surface area (Å²) in [4.78, 5) is 71.9. The van der Waals surface area contributed by atoms with E-state index in [2.05, 4.69) is 20.9 Å². The number of hydrogen-bond acceptors (Lipinski definition) is 8. The van der Waals surface area contributed by atoms with Crippen LogP contribution in [0.3, 0.4) is 0 Å². The van der Waals surface area contributed by atoms with E-state index in [1.54, 1.807) is 25.1 Å². The van der Waals surface area contributed by atoms with Crippen LogP contribution in [-0.2, 0) is 32.1 Å². The molecule has 4 aromatic rings. The van der Waals surface area contributed by atoms with Crippen LogP contribution in [0.2, 0.25) is 0 Å². The van der Waals surface area contributed by atoms with Crippen LogP contribution in [0.1, 0.15) is 42.4 Å². The monoisotopic (exact) mass is 709 g/mol. The van der Waals surface area contributed by atoms with Gasteiger partial charge in [-0.3, -0.25) is 19.4 Å². The first-order valence-corrected chi connectivity index (χ1v) is 17.1. The number of aryl methyl sites for hydroxylation is 1. The van der Waals surface area contributed by atoms with Crippen LogP contribution in [0.25, 0.3) is 11.0 Å². The summed E-state index contributed by atoms with van der Waals surface area (Å²) in [6.07, 6.45) is 0.861. The van der Waals surface area contributed by atoms with E-state index in [9.17, 15) is 24.0 Å². The van der Waals surface area contributed by atoms with Gasteiger partial charge in [-0.25, -0.2) is 9.59 Å². The van der Waals surface area contributed by atoms with Crippen LogP contribution < -0.4 is 33.0 Å². The highest BCUT2D eigenvalue weighted by molar-refractivity contribution is 6.00. The second-order valence-corrected chi connectivity index (χ2v) is 12.6. The van der Waals surface area contributed by atoms with E-state index >= 15 is 0 Å². The lowest BCUT2D eigenvalue weighted by Crippen LogP contribution is -2.56. The van der Waals surface area contributed by atoms with Gasteiger partial charge in [0.25, 0.3) is 0 Å². The minimum atomic E-state index is -1.02. The minimum absolute atomic E-state index is 0.0214. The molecule has 14 heteroatoms. The van der Waals surface area contributed by atoms with Crippen molar-refractivity contribution < 1.29 is 28.3 Å². The molecule has 3 atom stereocenters. The van der Waals surface area contributed by atoms with Gasteiger partial charge in [0.05, 0.1) is 0 Å². The quantitative estimate of drug-likeness (QED) is 0.0563. The molecule has 2 heterocycles. The van der Waals surface area contributed by atoms with E-state index in [-0.39, 0.29) is 38.5 Å². The molecule has 1 fully saturated rings. The van der Waals surface area contributed by atoms with Crippen molar-refractivity contribution in [2.45, 2.75) is 63.8 Å². The number of amides is 4. The predicted octanol–water partition coefficient (Wildman–Crippen LogP) is 3.11. The van der Waals surface area contributed by atoms with Crippen molar-refractivity contribution in [3.8, 4) is 0 Å². The number of nitrogens with zero attached hydrogens (tertiary/aromatic N) is 2. The third kappa shape index (κ3) is 10.2. The topological polar surface area (TPSA) is 211 Å². The first-order chi connectivity index (χ1) is 25.1. The van der Waals surface area contributed by atoms with Gasteiger partial charge in [-0.15, -0.1) is 0 Å². The zero-order chi connectivity index (χ0) is 37.0. The molecule has 1 saturated heterocycles. The average molecular weight is 710 g/mol. The van der Waals surface area contributed by atoms with Crippen LogP contribution in [0.15, 0.2) is 99.1 Å². The number of ether oxygens (including phenoxy) is 1. The van der Waals surface area contributed by atoms with Gasteiger partial charge in [-0.05, 0) is 61.4 Å². The number of benzene rings is 3. The van der Waals surface area contributed by atoms with Crippen LogP contribution in [0.5, 0.6) is 0 Å². The number of anilines is 1. The lowest BCUT2D eigenvalue weighted by atomic mass is 10.0. The van der Waals surface area contributed by atoms with Crippen LogP contribution in [0, 0.1) is 6.92 Å². The van der Waals surface area contributed by atoms with E-state index in [0.29, 0.717) is 30.5 Å². The maximum atomic E-state index is 14.1. The minimum Gasteiger partial charge on any atom is -0.445 e. The van der Waals surface area contributed by atoms with Gasteiger partial charge >= 0.3 is 11.7 Å². The number of alkyl carbamates (subject to hydrolysis) is 1. The van der Waals surface area contributed by atoms with E-state index < -0.39 is 47.6 Å². The SMILES string of the molecule is Cc1cc(=O)oc2cc(NC(=O)[C@H](CCCN=C(N)N)NC(=O)[C@@H]3CCCN3C(=O)[C@H](Cc3ccccc3)NC(=O)OCc3ccccc3)ccc12. The lowest BCUT2D eigenvalue weighted by molar-refractivity contribution is -0.140. The summed E-state index contributed by atoms with van der Waals surface area (Å²) in [6.45, 7) is 2.32. The molecule has 1 aliphatic rings. The van der Waals surface area contributed by atoms with Gasteiger partial charge in [0, 0.05) is 42.7 Å². The van der Waals surface area contributed by atoms with Crippen LogP contribution in [0.4, 0.5) is 10.5 Å². The Balaban J connectivity index is 1.30. The highest BCUT2D eigenvalue weighted by atomic mass is 16.5. The Hall–Kier alpha value is -6.18. The zero-order valence-electron chi connectivity index (χ0n) is 28.9. The fraction of sp³-hybridized carbons (Fsp3) is 0.316. The fourth-order valence-corrected chi connectivity index (χ4v) is 6.13. The van der Waals surface area contributed by atoms with E-state index in [1.807, 2.05) is 60.7 Å². The largest absolute Gasteiger partial charge is 0.445 e. The summed E-state index contributed by atoms with van der Waals surface area (Å²) >= 11 is 0. The molecule has 14 nitrogen and oxygen atoms in total. The van der Waals surface area contributed by atoms with E-state index in [1.165, 1.54) is 11.0 Å². The summed E-state index contributed by atoms with van der Waals surface area (Å²) in [5.74, 6) is -1.58. The first kappa shape index (κ1) is 37.1. The third-order valence-electron chi connectivity index (χ3n) is 8.72. The summed E-state index contributed by atoms with van der Waals surface area (Å²) < 4.78 is 10.7. The van der Waals surface area contributed by atoms with E-state index in [0.717, 1.165) is 22.1 Å². The Labute approximate surface area is 300 Å². The Bertz CT molecular complexity index is 1960. The fourth-order valence-electron chi connectivity index (χ4n) is 6.13. The van der Waals surface area contributed by atoms with Crippen molar-refractivity contribution in [1.29, 1.82) is 0 Å². The molecular formula is C38H43N7O7. The predicted molar refractivity (Wildman–Crippen MR) is 196 cm³/mol. The van der Waals surface area contributed by atoms with Gasteiger partial charge < -0.3 is 41.5 Å². The molecule has 0 bridgehead atoms. The number of guanidine groups is 1. The smallest absolute Gasteiger partial charge is 0.408 e. The van der Waals surface area contributed by atoms with Crippen LogP contribution in [-0.4, -0.2) is 65.9 Å². The number of likely N-dealkylation sites (tertiary alicyclic amines) is 1. The molecule has 0 radical (unpaired) electrons. The molecule has 0 aliphatic carbocycles. The van der Waals surface area contributed by atoms with Gasteiger partial charge in [-0.2, -0.15) is 0 Å².